The zero-order valence-corrected chi connectivity index (χ0v) is 11.0. The van der Waals surface area contributed by atoms with Gasteiger partial charge in [0.1, 0.15) is 5.82 Å². The number of hydrogen-bond donors (Lipinski definition) is 2. The first kappa shape index (κ1) is 12.6. The first-order valence-corrected chi connectivity index (χ1v) is 7.24. The average molecular weight is 291 g/mol. The van der Waals surface area contributed by atoms with E-state index in [2.05, 4.69) is 14.7 Å². The van der Waals surface area contributed by atoms with E-state index < -0.39 is 15.8 Å². The van der Waals surface area contributed by atoms with Gasteiger partial charge in [0.15, 0.2) is 0 Å². The van der Waals surface area contributed by atoms with Gasteiger partial charge in [0.25, 0.3) is 10.0 Å². The van der Waals surface area contributed by atoms with Crippen molar-refractivity contribution < 1.29 is 12.8 Å². The lowest BCUT2D eigenvalue weighted by molar-refractivity contribution is 0.599. The number of rotatable bonds is 3. The molecule has 1 aromatic heterocycles. The quantitative estimate of drug-likeness (QED) is 0.778. The Bertz CT molecular complexity index is 857. The fourth-order valence-corrected chi connectivity index (χ4v) is 2.88. The van der Waals surface area contributed by atoms with Crippen LogP contribution in [0.4, 0.5) is 10.1 Å². The van der Waals surface area contributed by atoms with Gasteiger partial charge in [-0.1, -0.05) is 0 Å². The molecule has 0 spiro atoms. The maximum Gasteiger partial charge on any atom is 0.261 e. The normalized spacial score (nSPS) is 11.7. The number of anilines is 1. The highest BCUT2D eigenvalue weighted by Gasteiger charge is 2.14. The summed E-state index contributed by atoms with van der Waals surface area (Å²) < 4.78 is 39.5. The molecule has 0 unspecified atom stereocenters. The van der Waals surface area contributed by atoms with Crippen molar-refractivity contribution in [3.05, 3.63) is 54.6 Å². The van der Waals surface area contributed by atoms with E-state index in [4.69, 9.17) is 0 Å². The Labute approximate surface area is 114 Å². The summed E-state index contributed by atoms with van der Waals surface area (Å²) in [5.41, 5.74) is 1.88. The maximum absolute atomic E-state index is 12.8. The minimum atomic E-state index is -3.73. The Morgan fingerprint density at radius 3 is 2.60 bits per heavy atom. The molecule has 0 aliphatic heterocycles. The molecule has 2 N–H and O–H groups in total. The van der Waals surface area contributed by atoms with Crippen LogP contribution in [0.5, 0.6) is 0 Å². The summed E-state index contributed by atoms with van der Waals surface area (Å²) in [7, 11) is -3.73. The first-order chi connectivity index (χ1) is 9.54. The molecule has 3 rings (SSSR count). The van der Waals surface area contributed by atoms with E-state index in [9.17, 15) is 12.8 Å². The zero-order chi connectivity index (χ0) is 14.2. The van der Waals surface area contributed by atoms with Crippen LogP contribution in [0.2, 0.25) is 0 Å². The number of nitrogens with one attached hydrogen (secondary N) is 2. The minimum Gasteiger partial charge on any atom is -0.345 e. The van der Waals surface area contributed by atoms with Gasteiger partial charge in [0.2, 0.25) is 0 Å². The summed E-state index contributed by atoms with van der Waals surface area (Å²) in [5, 5.41) is 0. The molecule has 0 saturated heterocycles. The molecule has 5 nitrogen and oxygen atoms in total. The van der Waals surface area contributed by atoms with Gasteiger partial charge in [-0.15, -0.1) is 0 Å². The molecule has 0 amide bonds. The third-order valence-corrected chi connectivity index (χ3v) is 4.19. The zero-order valence-electron chi connectivity index (χ0n) is 10.2. The Balaban J connectivity index is 1.94. The van der Waals surface area contributed by atoms with Crippen molar-refractivity contribution in [3.8, 4) is 0 Å². The van der Waals surface area contributed by atoms with E-state index in [-0.39, 0.29) is 4.90 Å². The van der Waals surface area contributed by atoms with E-state index in [0.717, 1.165) is 23.2 Å². The Kier molecular flexibility index (Phi) is 2.90. The fourth-order valence-electron chi connectivity index (χ4n) is 1.83. The molecule has 0 aliphatic rings. The third-order valence-electron chi connectivity index (χ3n) is 2.80. The molecule has 20 heavy (non-hydrogen) atoms. The summed E-state index contributed by atoms with van der Waals surface area (Å²) in [4.78, 5) is 6.95. The highest BCUT2D eigenvalue weighted by molar-refractivity contribution is 7.92. The molecule has 102 valence electrons. The molecule has 2 aromatic carbocycles. The number of halogens is 1. The molecule has 0 aliphatic carbocycles. The van der Waals surface area contributed by atoms with Gasteiger partial charge in [-0.2, -0.15) is 0 Å². The number of aromatic amines is 1. The van der Waals surface area contributed by atoms with Crippen LogP contribution in [0, 0.1) is 5.82 Å². The molecule has 3 aromatic rings. The van der Waals surface area contributed by atoms with Gasteiger partial charge < -0.3 is 4.98 Å². The number of nitrogens with zero attached hydrogens (tertiary/aromatic N) is 1. The van der Waals surface area contributed by atoms with Gasteiger partial charge in [-0.25, -0.2) is 17.8 Å². The van der Waals surface area contributed by atoms with Crippen molar-refractivity contribution in [1.82, 2.24) is 9.97 Å². The van der Waals surface area contributed by atoms with E-state index >= 15 is 0 Å². The molecule has 0 bridgehead atoms. The van der Waals surface area contributed by atoms with Crippen LogP contribution in [0.25, 0.3) is 11.0 Å². The average Bonchev–Trinajstić information content (AvgIpc) is 2.86. The Morgan fingerprint density at radius 1 is 1.10 bits per heavy atom. The second kappa shape index (κ2) is 4.61. The monoisotopic (exact) mass is 291 g/mol. The number of aromatic nitrogens is 2. The van der Waals surface area contributed by atoms with Crippen molar-refractivity contribution in [3.63, 3.8) is 0 Å². The molecule has 0 fully saturated rings. The van der Waals surface area contributed by atoms with Crippen LogP contribution in [-0.2, 0) is 10.0 Å². The number of fused-ring (bicyclic) bond motifs is 1. The van der Waals surface area contributed by atoms with Gasteiger partial charge in [-0.3, -0.25) is 4.72 Å². The van der Waals surface area contributed by atoms with Crippen LogP contribution in [0.15, 0.2) is 53.7 Å². The van der Waals surface area contributed by atoms with Crippen LogP contribution < -0.4 is 4.72 Å². The minimum absolute atomic E-state index is 0.00334. The second-order valence-electron chi connectivity index (χ2n) is 4.19. The molecule has 7 heteroatoms. The van der Waals surface area contributed by atoms with Gasteiger partial charge in [-0.05, 0) is 42.5 Å². The van der Waals surface area contributed by atoms with Crippen molar-refractivity contribution in [2.75, 3.05) is 4.72 Å². The van der Waals surface area contributed by atoms with Gasteiger partial charge in [0, 0.05) is 0 Å². The smallest absolute Gasteiger partial charge is 0.261 e. The van der Waals surface area contributed by atoms with Crippen molar-refractivity contribution >= 4 is 26.7 Å². The summed E-state index contributed by atoms with van der Waals surface area (Å²) >= 11 is 0. The summed E-state index contributed by atoms with van der Waals surface area (Å²) in [6.07, 6.45) is 1.53. The predicted octanol–water partition coefficient (Wildman–Crippen LogP) is 2.50. The van der Waals surface area contributed by atoms with Crippen LogP contribution in [0.1, 0.15) is 0 Å². The SMILES string of the molecule is O=S(=O)(Nc1ccc2nc[nH]c2c1)c1ccc(F)cc1. The molecule has 0 radical (unpaired) electrons. The summed E-state index contributed by atoms with van der Waals surface area (Å²) in [6, 6.07) is 9.60. The van der Waals surface area contributed by atoms with Crippen LogP contribution >= 0.6 is 0 Å². The molecule has 0 saturated carbocycles. The number of H-pyrrole nitrogens is 1. The number of sulfonamides is 1. The standard InChI is InChI=1S/C13H10FN3O2S/c14-9-1-4-11(5-2-9)20(18,19)17-10-3-6-12-13(7-10)16-8-15-12/h1-8,17H,(H,15,16). The van der Waals surface area contributed by atoms with Gasteiger partial charge >= 0.3 is 0 Å². The lowest BCUT2D eigenvalue weighted by Gasteiger charge is -2.08. The van der Waals surface area contributed by atoms with Gasteiger partial charge in [0.05, 0.1) is 27.9 Å². The summed E-state index contributed by atoms with van der Waals surface area (Å²) in [6.45, 7) is 0. The van der Waals surface area contributed by atoms with E-state index in [1.54, 1.807) is 18.2 Å². The molecular weight excluding hydrogens is 281 g/mol. The van der Waals surface area contributed by atoms with Crippen LogP contribution in [0.3, 0.4) is 0 Å². The van der Waals surface area contributed by atoms with E-state index in [0.29, 0.717) is 5.69 Å². The highest BCUT2D eigenvalue weighted by Crippen LogP contribution is 2.19. The fraction of sp³-hybridized carbons (Fsp3) is 0. The number of hydrogen-bond acceptors (Lipinski definition) is 3. The molecule has 1 heterocycles. The van der Waals surface area contributed by atoms with Crippen molar-refractivity contribution in [2.45, 2.75) is 4.90 Å². The maximum atomic E-state index is 12.8. The van der Waals surface area contributed by atoms with Crippen molar-refractivity contribution in [2.24, 2.45) is 0 Å². The number of imidazole rings is 1. The Hall–Kier alpha value is -2.41. The Morgan fingerprint density at radius 2 is 1.85 bits per heavy atom. The third kappa shape index (κ3) is 2.35. The first-order valence-electron chi connectivity index (χ1n) is 5.76. The number of benzene rings is 2. The lowest BCUT2D eigenvalue weighted by atomic mass is 10.3. The topological polar surface area (TPSA) is 74.8 Å². The summed E-state index contributed by atoms with van der Waals surface area (Å²) in [5.74, 6) is -0.483. The van der Waals surface area contributed by atoms with E-state index in [1.165, 1.54) is 18.5 Å². The van der Waals surface area contributed by atoms with Crippen molar-refractivity contribution in [1.29, 1.82) is 0 Å². The molecule has 0 atom stereocenters. The van der Waals surface area contributed by atoms with Crippen LogP contribution in [-0.4, -0.2) is 18.4 Å². The van der Waals surface area contributed by atoms with E-state index in [1.807, 2.05) is 0 Å². The predicted molar refractivity (Wildman–Crippen MR) is 73.3 cm³/mol. The second-order valence-corrected chi connectivity index (χ2v) is 5.88. The lowest BCUT2D eigenvalue weighted by Crippen LogP contribution is -2.12. The largest absolute Gasteiger partial charge is 0.345 e. The molecular formula is C13H10FN3O2S. The highest BCUT2D eigenvalue weighted by atomic mass is 32.2.